The number of piperidine rings is 1. The van der Waals surface area contributed by atoms with Gasteiger partial charge in [0, 0.05) is 36.3 Å². The van der Waals surface area contributed by atoms with Crippen molar-refractivity contribution in [1.29, 1.82) is 0 Å². The Bertz CT molecular complexity index is 941. The molecule has 3 amide bonds. The van der Waals surface area contributed by atoms with Crippen LogP contribution in [0.4, 0.5) is 5.69 Å². The number of aromatic nitrogens is 2. The molecular weight excluding hydrogens is 438 g/mol. The Morgan fingerprint density at radius 2 is 1.90 bits per heavy atom. The molecule has 10 heteroatoms. The Hall–Kier alpha value is -2.52. The van der Waals surface area contributed by atoms with E-state index in [0.717, 1.165) is 17.8 Å². The van der Waals surface area contributed by atoms with Crippen LogP contribution in [0.15, 0.2) is 24.3 Å². The molecule has 2 heterocycles. The van der Waals surface area contributed by atoms with Gasteiger partial charge < -0.3 is 15.5 Å². The summed E-state index contributed by atoms with van der Waals surface area (Å²) in [6, 6.07) is 6.76. The molecule has 1 fully saturated rings. The second-order valence-electron chi connectivity index (χ2n) is 7.92. The third kappa shape index (κ3) is 6.48. The standard InChI is InChI=1S/C21H26ClN5O3S/c1-13(2)6-9-23-17(28)14-7-10-27(11-8-14)21(30)20-26-25-19(31-20)18(29)24-16-5-3-4-15(22)12-16/h3-5,12-14H,6-11H2,1-2H3,(H,23,28)(H,24,29). The predicted molar refractivity (Wildman–Crippen MR) is 120 cm³/mol. The number of benzene rings is 1. The molecule has 1 saturated heterocycles. The van der Waals surface area contributed by atoms with Crippen LogP contribution >= 0.6 is 22.9 Å². The van der Waals surface area contributed by atoms with Gasteiger partial charge in [-0.2, -0.15) is 0 Å². The summed E-state index contributed by atoms with van der Waals surface area (Å²) in [6.45, 7) is 5.88. The van der Waals surface area contributed by atoms with E-state index >= 15 is 0 Å². The predicted octanol–water partition coefficient (Wildman–Crippen LogP) is 3.46. The fourth-order valence-corrected chi connectivity index (χ4v) is 4.16. The Labute approximate surface area is 190 Å². The number of carbonyl (C=O) groups excluding carboxylic acids is 3. The maximum absolute atomic E-state index is 12.7. The van der Waals surface area contributed by atoms with Crippen molar-refractivity contribution in [3.05, 3.63) is 39.3 Å². The quantitative estimate of drug-likeness (QED) is 0.654. The van der Waals surface area contributed by atoms with Crippen LogP contribution in [0.3, 0.4) is 0 Å². The number of anilines is 1. The van der Waals surface area contributed by atoms with Gasteiger partial charge in [0.05, 0.1) is 0 Å². The minimum atomic E-state index is -0.449. The molecule has 0 unspecified atom stereocenters. The highest BCUT2D eigenvalue weighted by Gasteiger charge is 2.29. The van der Waals surface area contributed by atoms with Gasteiger partial charge in [0.25, 0.3) is 11.8 Å². The number of hydrogen-bond donors (Lipinski definition) is 2. The van der Waals surface area contributed by atoms with E-state index in [1.807, 2.05) is 0 Å². The summed E-state index contributed by atoms with van der Waals surface area (Å²) in [6.07, 6.45) is 2.17. The van der Waals surface area contributed by atoms with Crippen LogP contribution in [-0.4, -0.2) is 52.5 Å². The number of nitrogens with zero attached hydrogens (tertiary/aromatic N) is 3. The Morgan fingerprint density at radius 1 is 1.19 bits per heavy atom. The van der Waals surface area contributed by atoms with Crippen LogP contribution in [0.5, 0.6) is 0 Å². The van der Waals surface area contributed by atoms with E-state index in [1.54, 1.807) is 29.2 Å². The largest absolute Gasteiger partial charge is 0.356 e. The molecule has 166 valence electrons. The van der Waals surface area contributed by atoms with Crippen LogP contribution in [0.25, 0.3) is 0 Å². The molecule has 31 heavy (non-hydrogen) atoms. The van der Waals surface area contributed by atoms with Crippen molar-refractivity contribution in [2.24, 2.45) is 11.8 Å². The van der Waals surface area contributed by atoms with Crippen molar-refractivity contribution in [3.63, 3.8) is 0 Å². The second-order valence-corrected chi connectivity index (χ2v) is 9.33. The lowest BCUT2D eigenvalue weighted by Crippen LogP contribution is -2.43. The summed E-state index contributed by atoms with van der Waals surface area (Å²) < 4.78 is 0. The van der Waals surface area contributed by atoms with Gasteiger partial charge >= 0.3 is 0 Å². The minimum absolute atomic E-state index is 0.0589. The summed E-state index contributed by atoms with van der Waals surface area (Å²) >= 11 is 6.87. The molecule has 1 aliphatic heterocycles. The molecular formula is C21H26ClN5O3S. The number of rotatable bonds is 7. The van der Waals surface area contributed by atoms with Crippen molar-refractivity contribution in [3.8, 4) is 0 Å². The summed E-state index contributed by atoms with van der Waals surface area (Å²) in [5.74, 6) is -0.189. The van der Waals surface area contributed by atoms with Crippen molar-refractivity contribution in [2.45, 2.75) is 33.1 Å². The third-order valence-corrected chi connectivity index (χ3v) is 6.20. The van der Waals surface area contributed by atoms with Gasteiger partial charge in [-0.25, -0.2) is 0 Å². The van der Waals surface area contributed by atoms with Crippen molar-refractivity contribution >= 4 is 46.3 Å². The summed E-state index contributed by atoms with van der Waals surface area (Å²) in [5, 5.41) is 14.2. The summed E-state index contributed by atoms with van der Waals surface area (Å²) in [5.41, 5.74) is 0.536. The van der Waals surface area contributed by atoms with Gasteiger partial charge in [-0.05, 0) is 43.4 Å². The van der Waals surface area contributed by atoms with E-state index in [2.05, 4.69) is 34.7 Å². The van der Waals surface area contributed by atoms with Crippen molar-refractivity contribution in [2.75, 3.05) is 25.0 Å². The maximum Gasteiger partial charge on any atom is 0.286 e. The van der Waals surface area contributed by atoms with E-state index in [-0.39, 0.29) is 27.7 Å². The van der Waals surface area contributed by atoms with Gasteiger partial charge in [-0.15, -0.1) is 10.2 Å². The maximum atomic E-state index is 12.7. The zero-order valence-electron chi connectivity index (χ0n) is 17.6. The van der Waals surface area contributed by atoms with Crippen LogP contribution in [-0.2, 0) is 4.79 Å². The highest BCUT2D eigenvalue weighted by Crippen LogP contribution is 2.22. The topological polar surface area (TPSA) is 104 Å². The molecule has 2 aromatic rings. The van der Waals surface area contributed by atoms with Crippen LogP contribution in [0, 0.1) is 11.8 Å². The number of halogens is 1. The first-order valence-corrected chi connectivity index (χ1v) is 11.5. The fourth-order valence-electron chi connectivity index (χ4n) is 3.26. The van der Waals surface area contributed by atoms with E-state index in [0.29, 0.717) is 49.1 Å². The fraction of sp³-hybridized carbons (Fsp3) is 0.476. The number of carbonyl (C=O) groups is 3. The number of hydrogen-bond acceptors (Lipinski definition) is 6. The van der Waals surface area contributed by atoms with Crippen LogP contribution in [0.2, 0.25) is 5.02 Å². The van der Waals surface area contributed by atoms with Crippen molar-refractivity contribution in [1.82, 2.24) is 20.4 Å². The second kappa shape index (κ2) is 10.7. The SMILES string of the molecule is CC(C)CCNC(=O)C1CCN(C(=O)c2nnc(C(=O)Nc3cccc(Cl)c3)s2)CC1. The van der Waals surface area contributed by atoms with Crippen LogP contribution < -0.4 is 10.6 Å². The first-order chi connectivity index (χ1) is 14.8. The van der Waals surface area contributed by atoms with Gasteiger partial charge in [-0.1, -0.05) is 42.9 Å². The molecule has 1 aromatic heterocycles. The molecule has 0 saturated carbocycles. The Morgan fingerprint density at radius 3 is 2.58 bits per heavy atom. The highest BCUT2D eigenvalue weighted by atomic mass is 35.5. The molecule has 3 rings (SSSR count). The molecule has 0 aliphatic carbocycles. The third-order valence-electron chi connectivity index (χ3n) is 5.06. The first-order valence-electron chi connectivity index (χ1n) is 10.3. The number of amides is 3. The molecule has 1 aromatic carbocycles. The molecule has 0 spiro atoms. The average Bonchev–Trinajstić information content (AvgIpc) is 3.23. The Kier molecular flexibility index (Phi) is 7.97. The lowest BCUT2D eigenvalue weighted by atomic mass is 9.95. The first kappa shape index (κ1) is 23.1. The number of likely N-dealkylation sites (tertiary alicyclic amines) is 1. The van der Waals surface area contributed by atoms with Gasteiger partial charge in [0.15, 0.2) is 0 Å². The smallest absolute Gasteiger partial charge is 0.286 e. The van der Waals surface area contributed by atoms with Gasteiger partial charge in [0.1, 0.15) is 0 Å². The summed E-state index contributed by atoms with van der Waals surface area (Å²) in [4.78, 5) is 39.1. The molecule has 0 atom stereocenters. The van der Waals surface area contributed by atoms with Crippen LogP contribution in [0.1, 0.15) is 52.7 Å². The van der Waals surface area contributed by atoms with E-state index in [9.17, 15) is 14.4 Å². The molecule has 0 radical (unpaired) electrons. The minimum Gasteiger partial charge on any atom is -0.356 e. The lowest BCUT2D eigenvalue weighted by molar-refractivity contribution is -0.126. The average molecular weight is 464 g/mol. The van der Waals surface area contributed by atoms with E-state index in [1.165, 1.54) is 0 Å². The highest BCUT2D eigenvalue weighted by molar-refractivity contribution is 7.15. The summed E-state index contributed by atoms with van der Waals surface area (Å²) in [7, 11) is 0. The van der Waals surface area contributed by atoms with Gasteiger partial charge in [-0.3, -0.25) is 14.4 Å². The molecule has 2 N–H and O–H groups in total. The monoisotopic (exact) mass is 463 g/mol. The zero-order valence-corrected chi connectivity index (χ0v) is 19.1. The Balaban J connectivity index is 1.51. The normalized spacial score (nSPS) is 14.5. The molecule has 8 nitrogen and oxygen atoms in total. The van der Waals surface area contributed by atoms with E-state index < -0.39 is 5.91 Å². The van der Waals surface area contributed by atoms with E-state index in [4.69, 9.17) is 11.6 Å². The molecule has 1 aliphatic rings. The lowest BCUT2D eigenvalue weighted by Gasteiger charge is -2.30. The zero-order chi connectivity index (χ0) is 22.4. The van der Waals surface area contributed by atoms with Gasteiger partial charge in [0.2, 0.25) is 15.9 Å². The number of nitrogens with one attached hydrogen (secondary N) is 2. The van der Waals surface area contributed by atoms with Crippen molar-refractivity contribution < 1.29 is 14.4 Å². The molecule has 0 bridgehead atoms.